The van der Waals surface area contributed by atoms with Crippen molar-refractivity contribution < 1.29 is 0 Å². The first-order valence-electron chi connectivity index (χ1n) is 5.88. The minimum absolute atomic E-state index is 0.651. The molecule has 1 aromatic rings. The van der Waals surface area contributed by atoms with E-state index in [9.17, 15) is 0 Å². The van der Waals surface area contributed by atoms with Gasteiger partial charge < -0.3 is 4.90 Å². The van der Waals surface area contributed by atoms with E-state index in [1.807, 2.05) is 11.8 Å². The lowest BCUT2D eigenvalue weighted by atomic mass is 10.2. The summed E-state index contributed by atoms with van der Waals surface area (Å²) in [6.45, 7) is 6.94. The van der Waals surface area contributed by atoms with E-state index in [2.05, 4.69) is 53.3 Å². The number of thioether (sulfide) groups is 1. The monoisotopic (exact) mass is 236 g/mol. The molecule has 1 saturated heterocycles. The van der Waals surface area contributed by atoms with Gasteiger partial charge in [-0.25, -0.2) is 0 Å². The van der Waals surface area contributed by atoms with Gasteiger partial charge in [0, 0.05) is 31.9 Å². The van der Waals surface area contributed by atoms with Crippen LogP contribution in [-0.4, -0.2) is 42.7 Å². The largest absolute Gasteiger partial charge is 0.369 e. The van der Waals surface area contributed by atoms with Gasteiger partial charge in [-0.1, -0.05) is 18.2 Å². The van der Waals surface area contributed by atoms with Crippen LogP contribution in [0, 0.1) is 0 Å². The summed E-state index contributed by atoms with van der Waals surface area (Å²) in [6, 6.07) is 10.7. The first-order chi connectivity index (χ1) is 7.81. The summed E-state index contributed by atoms with van der Waals surface area (Å²) in [6.07, 6.45) is 2.19. The Hall–Kier alpha value is -0.670. The number of para-hydroxylation sites is 1. The molecule has 1 aliphatic rings. The van der Waals surface area contributed by atoms with Crippen LogP contribution in [-0.2, 0) is 0 Å². The highest BCUT2D eigenvalue weighted by Gasteiger charge is 2.20. The Morgan fingerprint density at radius 1 is 1.06 bits per heavy atom. The summed E-state index contributed by atoms with van der Waals surface area (Å²) in [7, 11) is 0. The van der Waals surface area contributed by atoms with E-state index in [4.69, 9.17) is 0 Å². The number of benzene rings is 1. The summed E-state index contributed by atoms with van der Waals surface area (Å²) in [5.41, 5.74) is 1.36. The third kappa shape index (κ3) is 2.71. The molecule has 0 aliphatic carbocycles. The van der Waals surface area contributed by atoms with Crippen molar-refractivity contribution in [3.8, 4) is 0 Å². The van der Waals surface area contributed by atoms with Gasteiger partial charge in [0.15, 0.2) is 0 Å². The molecule has 0 amide bonds. The highest BCUT2D eigenvalue weighted by molar-refractivity contribution is 7.99. The molecule has 0 radical (unpaired) electrons. The zero-order valence-corrected chi connectivity index (χ0v) is 10.9. The number of rotatable bonds is 3. The van der Waals surface area contributed by atoms with Crippen molar-refractivity contribution in [1.29, 1.82) is 0 Å². The fourth-order valence-electron chi connectivity index (χ4n) is 2.13. The fraction of sp³-hybridized carbons (Fsp3) is 0.538. The lowest BCUT2D eigenvalue weighted by Crippen LogP contribution is -2.48. The van der Waals surface area contributed by atoms with Crippen LogP contribution in [0.2, 0.25) is 0 Å². The molecule has 0 aromatic heterocycles. The van der Waals surface area contributed by atoms with Crippen LogP contribution in [0.3, 0.4) is 0 Å². The number of hydrogen-bond acceptors (Lipinski definition) is 3. The van der Waals surface area contributed by atoms with Crippen LogP contribution in [0.1, 0.15) is 6.92 Å². The maximum absolute atomic E-state index is 2.56. The fourth-order valence-corrected chi connectivity index (χ4v) is 2.64. The second-order valence-electron chi connectivity index (χ2n) is 4.19. The maximum atomic E-state index is 2.56. The van der Waals surface area contributed by atoms with Gasteiger partial charge in [0.2, 0.25) is 0 Å². The van der Waals surface area contributed by atoms with Crippen molar-refractivity contribution in [2.45, 2.75) is 12.3 Å². The zero-order chi connectivity index (χ0) is 11.4. The molecule has 1 atom stereocenters. The summed E-state index contributed by atoms with van der Waals surface area (Å²) < 4.78 is 0. The number of anilines is 1. The first kappa shape index (κ1) is 11.8. The van der Waals surface area contributed by atoms with Gasteiger partial charge in [0.25, 0.3) is 0 Å². The van der Waals surface area contributed by atoms with Crippen molar-refractivity contribution in [2.75, 3.05) is 37.3 Å². The Bertz CT molecular complexity index is 307. The molecule has 16 heavy (non-hydrogen) atoms. The van der Waals surface area contributed by atoms with Gasteiger partial charge in [-0.3, -0.25) is 4.90 Å². The van der Waals surface area contributed by atoms with Crippen LogP contribution in [0.4, 0.5) is 5.69 Å². The third-order valence-electron chi connectivity index (χ3n) is 3.29. The Labute approximate surface area is 103 Å². The van der Waals surface area contributed by atoms with Gasteiger partial charge >= 0.3 is 0 Å². The van der Waals surface area contributed by atoms with Gasteiger partial charge in [-0.15, -0.1) is 11.8 Å². The SMILES string of the molecule is CSC(C)N1CCN(c2ccccc2)CC1. The van der Waals surface area contributed by atoms with Crippen molar-refractivity contribution in [2.24, 2.45) is 0 Å². The van der Waals surface area contributed by atoms with Gasteiger partial charge in [0.1, 0.15) is 0 Å². The molecule has 0 spiro atoms. The highest BCUT2D eigenvalue weighted by Crippen LogP contribution is 2.19. The molecule has 1 aromatic carbocycles. The van der Waals surface area contributed by atoms with Gasteiger partial charge in [0.05, 0.1) is 5.37 Å². The Morgan fingerprint density at radius 3 is 2.25 bits per heavy atom. The molecular weight excluding hydrogens is 216 g/mol. The van der Waals surface area contributed by atoms with E-state index in [0.717, 1.165) is 13.1 Å². The molecule has 0 bridgehead atoms. The smallest absolute Gasteiger partial charge is 0.0527 e. The summed E-state index contributed by atoms with van der Waals surface area (Å²) in [5, 5.41) is 0.651. The lowest BCUT2D eigenvalue weighted by Gasteiger charge is -2.38. The summed E-state index contributed by atoms with van der Waals surface area (Å²) >= 11 is 1.94. The van der Waals surface area contributed by atoms with E-state index in [1.165, 1.54) is 18.8 Å². The van der Waals surface area contributed by atoms with E-state index in [-0.39, 0.29) is 0 Å². The van der Waals surface area contributed by atoms with E-state index in [1.54, 1.807) is 0 Å². The Kier molecular flexibility index (Phi) is 4.13. The zero-order valence-electron chi connectivity index (χ0n) is 10.1. The van der Waals surface area contributed by atoms with E-state index < -0.39 is 0 Å². The normalized spacial score (nSPS) is 19.8. The molecule has 2 nitrogen and oxygen atoms in total. The van der Waals surface area contributed by atoms with Crippen LogP contribution in [0.15, 0.2) is 30.3 Å². The molecule has 0 N–H and O–H groups in total. The number of hydrogen-bond donors (Lipinski definition) is 0. The second-order valence-corrected chi connectivity index (χ2v) is 5.35. The average Bonchev–Trinajstić information content (AvgIpc) is 2.39. The average molecular weight is 236 g/mol. The third-order valence-corrected chi connectivity index (χ3v) is 4.27. The minimum Gasteiger partial charge on any atom is -0.369 e. The summed E-state index contributed by atoms with van der Waals surface area (Å²) in [4.78, 5) is 5.04. The van der Waals surface area contributed by atoms with Crippen molar-refractivity contribution >= 4 is 17.4 Å². The minimum atomic E-state index is 0.651. The van der Waals surface area contributed by atoms with Crippen LogP contribution < -0.4 is 4.90 Å². The topological polar surface area (TPSA) is 6.48 Å². The molecule has 1 aliphatic heterocycles. The van der Waals surface area contributed by atoms with Crippen molar-refractivity contribution in [3.63, 3.8) is 0 Å². The number of nitrogens with zero attached hydrogens (tertiary/aromatic N) is 2. The summed E-state index contributed by atoms with van der Waals surface area (Å²) in [5.74, 6) is 0. The lowest BCUT2D eigenvalue weighted by molar-refractivity contribution is 0.251. The van der Waals surface area contributed by atoms with E-state index in [0.29, 0.717) is 5.37 Å². The highest BCUT2D eigenvalue weighted by atomic mass is 32.2. The molecule has 1 unspecified atom stereocenters. The molecular formula is C13H20N2S. The molecule has 1 heterocycles. The van der Waals surface area contributed by atoms with Crippen molar-refractivity contribution in [1.82, 2.24) is 4.90 Å². The maximum Gasteiger partial charge on any atom is 0.0527 e. The van der Waals surface area contributed by atoms with Crippen LogP contribution >= 0.6 is 11.8 Å². The van der Waals surface area contributed by atoms with E-state index >= 15 is 0 Å². The molecule has 0 saturated carbocycles. The quantitative estimate of drug-likeness (QED) is 0.796. The predicted octanol–water partition coefficient (Wildman–Crippen LogP) is 2.52. The standard InChI is InChI=1S/C13H20N2S/c1-12(16-2)14-8-10-15(11-9-14)13-6-4-3-5-7-13/h3-7,12H,8-11H2,1-2H3. The van der Waals surface area contributed by atoms with Crippen LogP contribution in [0.5, 0.6) is 0 Å². The molecule has 3 heteroatoms. The Morgan fingerprint density at radius 2 is 1.69 bits per heavy atom. The molecule has 2 rings (SSSR count). The first-order valence-corrected chi connectivity index (χ1v) is 7.17. The van der Waals surface area contributed by atoms with Crippen LogP contribution in [0.25, 0.3) is 0 Å². The second kappa shape index (κ2) is 5.60. The predicted molar refractivity (Wildman–Crippen MR) is 73.2 cm³/mol. The van der Waals surface area contributed by atoms with Gasteiger partial charge in [-0.05, 0) is 25.3 Å². The van der Waals surface area contributed by atoms with Crippen molar-refractivity contribution in [3.05, 3.63) is 30.3 Å². The Balaban J connectivity index is 1.91. The molecule has 1 fully saturated rings. The van der Waals surface area contributed by atoms with Gasteiger partial charge in [-0.2, -0.15) is 0 Å². The molecule has 88 valence electrons. The number of piperazine rings is 1.